The molecule has 4 aromatic rings. The summed E-state index contributed by atoms with van der Waals surface area (Å²) in [5.74, 6) is 0.104. The second kappa shape index (κ2) is 12.2. The topological polar surface area (TPSA) is 55.1 Å². The van der Waals surface area contributed by atoms with Gasteiger partial charge in [-0.2, -0.15) is 0 Å². The minimum atomic E-state index is -0.417. The molecule has 0 aliphatic rings. The van der Waals surface area contributed by atoms with Gasteiger partial charge in [-0.05, 0) is 42.9 Å². The number of ketones is 1. The van der Waals surface area contributed by atoms with Crippen molar-refractivity contribution in [2.45, 2.75) is 62.3 Å². The van der Waals surface area contributed by atoms with E-state index in [1.165, 1.54) is 17.2 Å². The standard InChI is InChI=1S/C22H19N2.C11H20O2.Ir/c1-15-10-16(2)12-19(11-15)22-17(3)13-18-14-20(6-7-21(18)23-22)24-8-4-5-9-24;1-10(2,3)8(12)7-9(13)11(4,5)6;/h4-11,13-14H,1-3H3;7,12H,1-6H3;/q-1;;/b;8-7-;. The average molecular weight is 688 g/mol. The molecule has 1 N–H and O–H groups in total. The zero-order chi connectivity index (χ0) is 27.5. The Labute approximate surface area is 241 Å². The molecule has 0 aliphatic carbocycles. The molecule has 2 heterocycles. The van der Waals surface area contributed by atoms with E-state index in [1.54, 1.807) is 0 Å². The smallest absolute Gasteiger partial charge is 0.164 e. The van der Waals surface area contributed by atoms with Crippen LogP contribution in [0.15, 0.2) is 72.8 Å². The van der Waals surface area contributed by atoms with Gasteiger partial charge in [-0.25, -0.2) is 0 Å². The predicted octanol–water partition coefficient (Wildman–Crippen LogP) is 8.51. The summed E-state index contributed by atoms with van der Waals surface area (Å²) in [5, 5.41) is 10.7. The van der Waals surface area contributed by atoms with Gasteiger partial charge < -0.3 is 9.67 Å². The van der Waals surface area contributed by atoms with Crippen molar-refractivity contribution in [3.8, 4) is 16.9 Å². The molecule has 4 rings (SSSR count). The second-order valence-electron chi connectivity index (χ2n) is 11.8. The van der Waals surface area contributed by atoms with Gasteiger partial charge in [0.05, 0.1) is 5.52 Å². The van der Waals surface area contributed by atoms with Crippen LogP contribution < -0.4 is 0 Å². The maximum Gasteiger partial charge on any atom is 0.164 e. The number of fused-ring (bicyclic) bond motifs is 1. The largest absolute Gasteiger partial charge is 0.512 e. The van der Waals surface area contributed by atoms with E-state index in [0.29, 0.717) is 0 Å². The quantitative estimate of drug-likeness (QED) is 0.134. The van der Waals surface area contributed by atoms with E-state index in [-0.39, 0.29) is 37.1 Å². The number of hydrogen-bond acceptors (Lipinski definition) is 3. The van der Waals surface area contributed by atoms with Crippen molar-refractivity contribution in [2.24, 2.45) is 10.8 Å². The molecule has 0 fully saturated rings. The Morgan fingerprint density at radius 3 is 2.11 bits per heavy atom. The van der Waals surface area contributed by atoms with Gasteiger partial charge in [0.25, 0.3) is 0 Å². The van der Waals surface area contributed by atoms with Gasteiger partial charge >= 0.3 is 0 Å². The summed E-state index contributed by atoms with van der Waals surface area (Å²) in [7, 11) is 0. The number of carbonyl (C=O) groups excluding carboxylic acids is 1. The van der Waals surface area contributed by atoms with Gasteiger partial charge in [-0.15, -0.1) is 34.9 Å². The van der Waals surface area contributed by atoms with Crippen LogP contribution in [0.25, 0.3) is 27.8 Å². The summed E-state index contributed by atoms with van der Waals surface area (Å²) in [5.41, 5.74) is 7.05. The zero-order valence-electron chi connectivity index (χ0n) is 23.9. The zero-order valence-corrected chi connectivity index (χ0v) is 26.3. The summed E-state index contributed by atoms with van der Waals surface area (Å²) < 4.78 is 2.11. The van der Waals surface area contributed by atoms with Crippen LogP contribution in [0.3, 0.4) is 0 Å². The molecular weight excluding hydrogens is 649 g/mol. The third kappa shape index (κ3) is 7.99. The Balaban J connectivity index is 0.000000313. The van der Waals surface area contributed by atoms with Crippen LogP contribution in [0.2, 0.25) is 0 Å². The molecule has 1 radical (unpaired) electrons. The van der Waals surface area contributed by atoms with Crippen LogP contribution in [0, 0.1) is 37.7 Å². The fourth-order valence-corrected chi connectivity index (χ4v) is 3.79. The maximum absolute atomic E-state index is 11.5. The molecule has 5 heteroatoms. The van der Waals surface area contributed by atoms with Crippen molar-refractivity contribution in [2.75, 3.05) is 0 Å². The monoisotopic (exact) mass is 688 g/mol. The van der Waals surface area contributed by atoms with Crippen molar-refractivity contribution in [1.82, 2.24) is 9.55 Å². The molecule has 0 unspecified atom stereocenters. The minimum absolute atomic E-state index is 0. The van der Waals surface area contributed by atoms with E-state index in [0.717, 1.165) is 33.4 Å². The predicted molar refractivity (Wildman–Crippen MR) is 154 cm³/mol. The third-order valence-corrected chi connectivity index (χ3v) is 6.07. The fraction of sp³-hybridized carbons (Fsp3) is 0.333. The number of hydrogen-bond donors (Lipinski definition) is 1. The molecule has 0 bridgehead atoms. The van der Waals surface area contributed by atoms with E-state index in [4.69, 9.17) is 4.98 Å². The van der Waals surface area contributed by atoms with Gasteiger partial charge in [0.2, 0.25) is 0 Å². The Morgan fingerprint density at radius 1 is 0.921 bits per heavy atom. The maximum atomic E-state index is 11.5. The second-order valence-corrected chi connectivity index (χ2v) is 11.8. The Hall–Kier alpha value is -3.01. The first-order valence-electron chi connectivity index (χ1n) is 12.7. The van der Waals surface area contributed by atoms with E-state index in [9.17, 15) is 9.90 Å². The van der Waals surface area contributed by atoms with E-state index in [2.05, 4.69) is 80.2 Å². The summed E-state index contributed by atoms with van der Waals surface area (Å²) in [6.07, 6.45) is 5.45. The molecule has 0 saturated heterocycles. The average Bonchev–Trinajstić information content (AvgIpc) is 3.31. The Bertz CT molecular complexity index is 1420. The summed E-state index contributed by atoms with van der Waals surface area (Å²) in [4.78, 5) is 16.4. The van der Waals surface area contributed by atoms with Crippen molar-refractivity contribution >= 4 is 16.7 Å². The van der Waals surface area contributed by atoms with Crippen LogP contribution >= 0.6 is 0 Å². The first-order valence-corrected chi connectivity index (χ1v) is 12.7. The van der Waals surface area contributed by atoms with Crippen LogP contribution in [-0.4, -0.2) is 20.4 Å². The van der Waals surface area contributed by atoms with Crippen LogP contribution in [0.5, 0.6) is 0 Å². The Kier molecular flexibility index (Phi) is 10.0. The van der Waals surface area contributed by atoms with Crippen molar-refractivity contribution in [3.63, 3.8) is 0 Å². The number of nitrogens with zero attached hydrogens (tertiary/aromatic N) is 2. The van der Waals surface area contributed by atoms with Gasteiger partial charge in [0, 0.05) is 60.5 Å². The fourth-order valence-electron chi connectivity index (χ4n) is 3.79. The molecule has 0 spiro atoms. The normalized spacial score (nSPS) is 12.0. The van der Waals surface area contributed by atoms with Gasteiger partial charge in [-0.1, -0.05) is 67.0 Å². The van der Waals surface area contributed by atoms with E-state index < -0.39 is 5.41 Å². The van der Waals surface area contributed by atoms with Gasteiger partial charge in [0.1, 0.15) is 5.76 Å². The van der Waals surface area contributed by atoms with E-state index in [1.807, 2.05) is 53.7 Å². The third-order valence-electron chi connectivity index (χ3n) is 6.07. The number of pyridine rings is 1. The van der Waals surface area contributed by atoms with Crippen molar-refractivity contribution < 1.29 is 30.0 Å². The number of aliphatic hydroxyl groups excluding tert-OH is 1. The molecule has 2 aromatic heterocycles. The number of aryl methyl sites for hydroxylation is 3. The molecule has 2 aromatic carbocycles. The first-order chi connectivity index (χ1) is 17.1. The molecule has 0 saturated carbocycles. The van der Waals surface area contributed by atoms with Crippen LogP contribution in [-0.2, 0) is 24.9 Å². The van der Waals surface area contributed by atoms with Crippen molar-refractivity contribution in [3.05, 3.63) is 95.5 Å². The molecule has 38 heavy (non-hydrogen) atoms. The number of allylic oxidation sites excluding steroid dienone is 2. The molecular formula is C33H39IrN2O2-. The number of aromatic nitrogens is 2. The van der Waals surface area contributed by atoms with Crippen molar-refractivity contribution in [1.29, 1.82) is 0 Å². The summed E-state index contributed by atoms with van der Waals surface area (Å²) in [6, 6.07) is 20.4. The number of rotatable bonds is 3. The van der Waals surface area contributed by atoms with E-state index >= 15 is 0 Å². The SMILES string of the molecule is CC(C)(C)C(=O)/C=C(\O)C(C)(C)C.Cc1[c-]c(-c2nc3ccc(-n4cccc4)cc3cc2C)cc(C)c1.[Ir]. The van der Waals surface area contributed by atoms with Gasteiger partial charge in [0.15, 0.2) is 5.78 Å². The molecule has 203 valence electrons. The molecule has 0 amide bonds. The van der Waals surface area contributed by atoms with Gasteiger partial charge in [-0.3, -0.25) is 9.78 Å². The summed E-state index contributed by atoms with van der Waals surface area (Å²) >= 11 is 0. The summed E-state index contributed by atoms with van der Waals surface area (Å²) in [6.45, 7) is 17.4. The molecule has 0 atom stereocenters. The first kappa shape index (κ1) is 31.2. The number of aliphatic hydroxyl groups is 1. The molecule has 0 aliphatic heterocycles. The minimum Gasteiger partial charge on any atom is -0.512 e. The number of benzene rings is 2. The number of carbonyl (C=O) groups is 1. The Morgan fingerprint density at radius 2 is 1.55 bits per heavy atom. The van der Waals surface area contributed by atoms with Crippen LogP contribution in [0.1, 0.15) is 58.2 Å². The van der Waals surface area contributed by atoms with Crippen LogP contribution in [0.4, 0.5) is 0 Å². The molecule has 4 nitrogen and oxygen atoms in total.